The number of methoxy groups -OCH3 is 1. The maximum atomic E-state index is 12.7. The molecule has 3 rings (SSSR count). The Kier molecular flexibility index (Phi) is 5.96. The predicted octanol–water partition coefficient (Wildman–Crippen LogP) is 5.54. The summed E-state index contributed by atoms with van der Waals surface area (Å²) in [6.45, 7) is 0. The molecule has 0 bridgehead atoms. The van der Waals surface area contributed by atoms with Crippen LogP contribution in [0, 0.1) is 0 Å². The fourth-order valence-corrected chi connectivity index (χ4v) is 3.73. The van der Waals surface area contributed by atoms with Gasteiger partial charge >= 0.3 is 0 Å². The Labute approximate surface area is 152 Å². The van der Waals surface area contributed by atoms with Crippen molar-refractivity contribution in [2.45, 2.75) is 17.4 Å². The first-order chi connectivity index (χ1) is 12.3. The van der Waals surface area contributed by atoms with Gasteiger partial charge in [-0.3, -0.25) is 4.79 Å². The maximum Gasteiger partial charge on any atom is 0.164 e. The molecule has 4 heteroatoms. The molecule has 0 aliphatic rings. The van der Waals surface area contributed by atoms with E-state index in [0.29, 0.717) is 6.42 Å². The molecular weight excluding hydrogens is 332 g/mol. The molecule has 3 aromatic rings. The van der Waals surface area contributed by atoms with Crippen LogP contribution in [-0.4, -0.2) is 12.9 Å². The van der Waals surface area contributed by atoms with E-state index in [2.05, 4.69) is 0 Å². The number of carbonyl (C=O) groups excluding carboxylic acids is 1. The Morgan fingerprint density at radius 2 is 1.80 bits per heavy atom. The van der Waals surface area contributed by atoms with Crippen LogP contribution in [0.5, 0.6) is 5.75 Å². The number of furan rings is 1. The van der Waals surface area contributed by atoms with Crippen molar-refractivity contribution in [3.63, 3.8) is 0 Å². The Balaban J connectivity index is 1.76. The van der Waals surface area contributed by atoms with Gasteiger partial charge in [0.25, 0.3) is 0 Å². The van der Waals surface area contributed by atoms with Crippen LogP contribution < -0.4 is 4.74 Å². The van der Waals surface area contributed by atoms with Gasteiger partial charge in [0.15, 0.2) is 5.78 Å². The summed E-state index contributed by atoms with van der Waals surface area (Å²) in [5.41, 5.74) is 1.86. The lowest BCUT2D eigenvalue weighted by Crippen LogP contribution is -2.05. The van der Waals surface area contributed by atoms with E-state index < -0.39 is 0 Å². The quantitative estimate of drug-likeness (QED) is 0.499. The Hall–Kier alpha value is -2.46. The van der Waals surface area contributed by atoms with E-state index in [1.807, 2.05) is 66.7 Å². The molecule has 128 valence electrons. The average Bonchev–Trinajstić information content (AvgIpc) is 3.19. The van der Waals surface area contributed by atoms with Crippen molar-refractivity contribution in [3.05, 3.63) is 89.9 Å². The van der Waals surface area contributed by atoms with Crippen molar-refractivity contribution in [2.75, 3.05) is 7.11 Å². The second-order valence-corrected chi connectivity index (χ2v) is 6.84. The molecule has 0 saturated heterocycles. The average molecular weight is 352 g/mol. The van der Waals surface area contributed by atoms with E-state index >= 15 is 0 Å². The fourth-order valence-electron chi connectivity index (χ4n) is 2.58. The Bertz CT molecular complexity index is 780. The summed E-state index contributed by atoms with van der Waals surface area (Å²) in [6.07, 6.45) is 2.12. The smallest absolute Gasteiger partial charge is 0.164 e. The van der Waals surface area contributed by atoms with Crippen LogP contribution in [0.1, 0.15) is 33.4 Å². The molecule has 0 saturated carbocycles. The monoisotopic (exact) mass is 352 g/mol. The Morgan fingerprint density at radius 1 is 1.04 bits per heavy atom. The molecule has 0 fully saturated rings. The number of hydrogen-bond acceptors (Lipinski definition) is 4. The zero-order valence-corrected chi connectivity index (χ0v) is 14.9. The molecule has 2 aromatic carbocycles. The lowest BCUT2D eigenvalue weighted by molar-refractivity contribution is 0.0982. The summed E-state index contributed by atoms with van der Waals surface area (Å²) in [7, 11) is 1.65. The van der Waals surface area contributed by atoms with Gasteiger partial charge < -0.3 is 9.15 Å². The highest BCUT2D eigenvalue weighted by atomic mass is 32.2. The third-order valence-corrected chi connectivity index (χ3v) is 5.25. The van der Waals surface area contributed by atoms with Gasteiger partial charge in [0.1, 0.15) is 11.5 Å². The maximum absolute atomic E-state index is 12.7. The first-order valence-corrected chi connectivity index (χ1v) is 9.17. The lowest BCUT2D eigenvalue weighted by Gasteiger charge is -2.16. The van der Waals surface area contributed by atoms with Gasteiger partial charge in [0.05, 0.1) is 19.1 Å². The SMILES string of the molecule is COc1ccc([C@H](CC(=O)c2ccccc2)SCc2ccco2)cc1. The third kappa shape index (κ3) is 4.77. The van der Waals surface area contributed by atoms with E-state index in [9.17, 15) is 4.79 Å². The van der Waals surface area contributed by atoms with E-state index in [4.69, 9.17) is 9.15 Å². The zero-order valence-electron chi connectivity index (χ0n) is 14.1. The van der Waals surface area contributed by atoms with Gasteiger partial charge in [-0.2, -0.15) is 0 Å². The minimum atomic E-state index is 0.0590. The molecule has 25 heavy (non-hydrogen) atoms. The Morgan fingerprint density at radius 3 is 2.44 bits per heavy atom. The number of rotatable bonds is 8. The standard InChI is InChI=1S/C21H20O3S/c1-23-18-11-9-17(10-12-18)21(25-15-19-8-5-13-24-19)14-20(22)16-6-3-2-4-7-16/h2-13,21H,14-15H2,1H3/t21-/m0/s1. The number of hydrogen-bond donors (Lipinski definition) is 0. The summed E-state index contributed by atoms with van der Waals surface area (Å²) in [6, 6.07) is 21.2. The van der Waals surface area contributed by atoms with Crippen molar-refractivity contribution in [1.82, 2.24) is 0 Å². The molecule has 1 heterocycles. The van der Waals surface area contributed by atoms with Crippen molar-refractivity contribution in [2.24, 2.45) is 0 Å². The van der Waals surface area contributed by atoms with Gasteiger partial charge in [-0.25, -0.2) is 0 Å². The molecule has 0 radical (unpaired) electrons. The number of ketones is 1. The first-order valence-electron chi connectivity index (χ1n) is 8.12. The normalized spacial score (nSPS) is 11.9. The minimum Gasteiger partial charge on any atom is -0.497 e. The van der Waals surface area contributed by atoms with Crippen molar-refractivity contribution >= 4 is 17.5 Å². The second-order valence-electron chi connectivity index (χ2n) is 5.65. The fraction of sp³-hybridized carbons (Fsp3) is 0.190. The highest BCUT2D eigenvalue weighted by Crippen LogP contribution is 2.36. The molecule has 3 nitrogen and oxygen atoms in total. The van der Waals surface area contributed by atoms with Crippen LogP contribution in [0.3, 0.4) is 0 Å². The van der Waals surface area contributed by atoms with Crippen molar-refractivity contribution < 1.29 is 13.9 Å². The van der Waals surface area contributed by atoms with E-state index in [1.54, 1.807) is 25.1 Å². The second kappa shape index (κ2) is 8.58. The molecule has 0 amide bonds. The third-order valence-electron chi connectivity index (χ3n) is 3.96. The molecular formula is C21H20O3S. The van der Waals surface area contributed by atoms with Gasteiger partial charge in [-0.05, 0) is 29.8 Å². The molecule has 1 aromatic heterocycles. The van der Waals surface area contributed by atoms with Crippen LogP contribution >= 0.6 is 11.8 Å². The number of thioether (sulfide) groups is 1. The van der Waals surface area contributed by atoms with E-state index in [1.165, 1.54) is 0 Å². The predicted molar refractivity (Wildman–Crippen MR) is 101 cm³/mol. The highest BCUT2D eigenvalue weighted by molar-refractivity contribution is 7.98. The largest absolute Gasteiger partial charge is 0.497 e. The molecule has 0 unspecified atom stereocenters. The summed E-state index contributed by atoms with van der Waals surface area (Å²) in [5, 5.41) is 0.0590. The summed E-state index contributed by atoms with van der Waals surface area (Å²) in [4.78, 5) is 12.7. The highest BCUT2D eigenvalue weighted by Gasteiger charge is 2.18. The van der Waals surface area contributed by atoms with Gasteiger partial charge in [0.2, 0.25) is 0 Å². The van der Waals surface area contributed by atoms with Gasteiger partial charge in [0, 0.05) is 17.2 Å². The van der Waals surface area contributed by atoms with Crippen molar-refractivity contribution in [1.29, 1.82) is 0 Å². The molecule has 1 atom stereocenters. The lowest BCUT2D eigenvalue weighted by atomic mass is 10.0. The molecule has 0 aliphatic heterocycles. The van der Waals surface area contributed by atoms with Crippen LogP contribution in [0.4, 0.5) is 0 Å². The summed E-state index contributed by atoms with van der Waals surface area (Å²) in [5.74, 6) is 2.60. The van der Waals surface area contributed by atoms with Crippen LogP contribution in [0.25, 0.3) is 0 Å². The minimum absolute atomic E-state index is 0.0590. The van der Waals surface area contributed by atoms with Gasteiger partial charge in [-0.15, -0.1) is 11.8 Å². The molecule has 0 spiro atoms. The van der Waals surface area contributed by atoms with Crippen LogP contribution in [0.2, 0.25) is 0 Å². The van der Waals surface area contributed by atoms with E-state index in [0.717, 1.165) is 28.4 Å². The summed E-state index contributed by atoms with van der Waals surface area (Å²) < 4.78 is 10.6. The van der Waals surface area contributed by atoms with Crippen LogP contribution in [0.15, 0.2) is 77.4 Å². The number of carbonyl (C=O) groups is 1. The topological polar surface area (TPSA) is 39.4 Å². The van der Waals surface area contributed by atoms with E-state index in [-0.39, 0.29) is 11.0 Å². The summed E-state index contributed by atoms with van der Waals surface area (Å²) >= 11 is 1.71. The number of ether oxygens (including phenoxy) is 1. The van der Waals surface area contributed by atoms with Gasteiger partial charge in [-0.1, -0.05) is 42.5 Å². The van der Waals surface area contributed by atoms with Crippen molar-refractivity contribution in [3.8, 4) is 5.75 Å². The molecule has 0 aliphatic carbocycles. The number of Topliss-reactive ketones (excluding diaryl/α,β-unsaturated/α-hetero) is 1. The van der Waals surface area contributed by atoms with Crippen LogP contribution in [-0.2, 0) is 5.75 Å². The molecule has 0 N–H and O–H groups in total. The zero-order chi connectivity index (χ0) is 17.5. The number of benzene rings is 2. The first kappa shape index (κ1) is 17.4.